The second-order valence-corrected chi connectivity index (χ2v) is 3.34. The molecule has 0 aromatic carbocycles. The van der Waals surface area contributed by atoms with Gasteiger partial charge in [0.1, 0.15) is 0 Å². The lowest BCUT2D eigenvalue weighted by atomic mass is 10.3. The second kappa shape index (κ2) is 4.15. The van der Waals surface area contributed by atoms with Crippen LogP contribution in [0, 0.1) is 0 Å². The molecule has 0 aliphatic carbocycles. The predicted molar refractivity (Wildman–Crippen MR) is 45.3 cm³/mol. The van der Waals surface area contributed by atoms with E-state index >= 15 is 0 Å². The zero-order valence-electron chi connectivity index (χ0n) is 6.57. The Labute approximate surface area is 74.3 Å². The fourth-order valence-corrected chi connectivity index (χ4v) is 1.49. The van der Waals surface area contributed by atoms with Gasteiger partial charge in [-0.2, -0.15) is 0 Å². The van der Waals surface area contributed by atoms with E-state index in [1.165, 1.54) is 24.9 Å². The molecular weight excluding hydrogens is 178 g/mol. The number of carbonyl (C=O) groups is 2. The van der Waals surface area contributed by atoms with Gasteiger partial charge in [-0.3, -0.25) is 4.79 Å². The predicted octanol–water partition coefficient (Wildman–Crippen LogP) is 0.252. The summed E-state index contributed by atoms with van der Waals surface area (Å²) in [7, 11) is 1.32. The first kappa shape index (κ1) is 9.12. The molecule has 0 spiro atoms. The minimum absolute atomic E-state index is 0.0546. The van der Waals surface area contributed by atoms with Crippen LogP contribution in [0.2, 0.25) is 0 Å². The normalized spacial score (nSPS) is 21.8. The van der Waals surface area contributed by atoms with Crippen LogP contribution in [0.15, 0.2) is 11.5 Å². The molecule has 1 amide bonds. The number of thioether (sulfide) groups is 1. The average molecular weight is 187 g/mol. The minimum atomic E-state index is -0.381. The van der Waals surface area contributed by atoms with Crippen molar-refractivity contribution in [2.75, 3.05) is 7.11 Å². The zero-order chi connectivity index (χ0) is 8.97. The van der Waals surface area contributed by atoms with E-state index in [0.29, 0.717) is 6.42 Å². The highest BCUT2D eigenvalue weighted by molar-refractivity contribution is 8.02. The van der Waals surface area contributed by atoms with E-state index < -0.39 is 0 Å². The number of hydrogen-bond donors (Lipinski definition) is 1. The molecule has 0 radical (unpaired) electrons. The van der Waals surface area contributed by atoms with Crippen molar-refractivity contribution in [1.82, 2.24) is 5.32 Å². The van der Waals surface area contributed by atoms with Crippen LogP contribution >= 0.6 is 11.8 Å². The van der Waals surface area contributed by atoms with E-state index in [1.807, 2.05) is 0 Å². The number of rotatable bonds is 3. The van der Waals surface area contributed by atoms with E-state index in [9.17, 15) is 9.59 Å². The van der Waals surface area contributed by atoms with E-state index in [1.54, 1.807) is 5.41 Å². The van der Waals surface area contributed by atoms with Crippen LogP contribution < -0.4 is 5.32 Å². The summed E-state index contributed by atoms with van der Waals surface area (Å²) in [5.41, 5.74) is 0. The Morgan fingerprint density at radius 1 is 1.83 bits per heavy atom. The molecule has 1 aliphatic rings. The zero-order valence-corrected chi connectivity index (χ0v) is 7.39. The number of amides is 1. The van der Waals surface area contributed by atoms with Gasteiger partial charge in [0.05, 0.1) is 18.9 Å². The quantitative estimate of drug-likeness (QED) is 0.391. The molecule has 1 N–H and O–H groups in total. The molecule has 1 rings (SSSR count). The number of β-lactam (4-membered cyclic amide) rings is 1. The van der Waals surface area contributed by atoms with Crippen molar-refractivity contribution in [2.24, 2.45) is 0 Å². The topological polar surface area (TPSA) is 55.4 Å². The van der Waals surface area contributed by atoms with Crippen LogP contribution in [0.1, 0.15) is 6.42 Å². The molecular formula is C7H9NO3S. The van der Waals surface area contributed by atoms with Crippen molar-refractivity contribution in [1.29, 1.82) is 0 Å². The summed E-state index contributed by atoms with van der Waals surface area (Å²) in [4.78, 5) is 21.0. The largest absolute Gasteiger partial charge is 0.466 e. The van der Waals surface area contributed by atoms with E-state index in [-0.39, 0.29) is 17.3 Å². The molecule has 1 heterocycles. The van der Waals surface area contributed by atoms with Crippen LogP contribution in [0.4, 0.5) is 0 Å². The maximum absolute atomic E-state index is 10.6. The van der Waals surface area contributed by atoms with Crippen LogP contribution in [-0.2, 0) is 14.3 Å². The van der Waals surface area contributed by atoms with Crippen LogP contribution in [0.5, 0.6) is 0 Å². The Morgan fingerprint density at radius 2 is 2.50 bits per heavy atom. The first-order chi connectivity index (χ1) is 5.72. The number of nitrogens with one attached hydrogen (secondary N) is 1. The minimum Gasteiger partial charge on any atom is -0.466 e. The van der Waals surface area contributed by atoms with Gasteiger partial charge in [0.25, 0.3) is 0 Å². The highest BCUT2D eigenvalue weighted by atomic mass is 32.2. The third kappa shape index (κ3) is 2.58. The van der Waals surface area contributed by atoms with Gasteiger partial charge in [-0.15, -0.1) is 11.8 Å². The summed E-state index contributed by atoms with van der Waals surface area (Å²) in [5, 5.41) is 4.40. The Morgan fingerprint density at radius 3 is 3.00 bits per heavy atom. The second-order valence-electron chi connectivity index (χ2n) is 2.22. The summed E-state index contributed by atoms with van der Waals surface area (Å²) in [6.45, 7) is 0. The molecule has 4 nitrogen and oxygen atoms in total. The lowest BCUT2D eigenvalue weighted by molar-refractivity contribution is -0.134. The van der Waals surface area contributed by atoms with Gasteiger partial charge >= 0.3 is 5.97 Å². The fraction of sp³-hybridized carbons (Fsp3) is 0.429. The summed E-state index contributed by atoms with van der Waals surface area (Å²) in [6, 6.07) is 0. The molecule has 1 atom stereocenters. The number of esters is 1. The van der Waals surface area contributed by atoms with Crippen LogP contribution in [0.3, 0.4) is 0 Å². The molecule has 0 saturated carbocycles. The highest BCUT2D eigenvalue weighted by Gasteiger charge is 2.24. The summed E-state index contributed by atoms with van der Waals surface area (Å²) in [6.07, 6.45) is 1.85. The maximum Gasteiger partial charge on any atom is 0.330 e. The molecule has 66 valence electrons. The summed E-state index contributed by atoms with van der Waals surface area (Å²) >= 11 is 1.40. The first-order valence-corrected chi connectivity index (χ1v) is 4.36. The van der Waals surface area contributed by atoms with Gasteiger partial charge in [0.2, 0.25) is 5.91 Å². The van der Waals surface area contributed by atoms with Gasteiger partial charge in [-0.1, -0.05) is 0 Å². The fourth-order valence-electron chi connectivity index (χ4n) is 0.667. The molecule has 0 bridgehead atoms. The van der Waals surface area contributed by atoms with Gasteiger partial charge in [0, 0.05) is 6.08 Å². The highest BCUT2D eigenvalue weighted by Crippen LogP contribution is 2.19. The Balaban J connectivity index is 2.13. The van der Waals surface area contributed by atoms with E-state index in [2.05, 4.69) is 10.1 Å². The third-order valence-corrected chi connectivity index (χ3v) is 2.25. The van der Waals surface area contributed by atoms with Gasteiger partial charge in [0.15, 0.2) is 0 Å². The molecule has 1 aliphatic heterocycles. The lowest BCUT2D eigenvalue weighted by Gasteiger charge is -2.24. The molecule has 0 unspecified atom stereocenters. The van der Waals surface area contributed by atoms with E-state index in [0.717, 1.165) is 0 Å². The molecule has 0 aromatic rings. The standard InChI is InChI=1S/C7H9NO3S/c1-11-7(10)2-3-12-6-4-5(9)8-6/h2-3,6H,4H2,1H3,(H,8,9)/t6-/m0/s1. The van der Waals surface area contributed by atoms with E-state index in [4.69, 9.17) is 0 Å². The van der Waals surface area contributed by atoms with Crippen molar-refractivity contribution < 1.29 is 14.3 Å². The number of ether oxygens (including phenoxy) is 1. The molecule has 1 saturated heterocycles. The van der Waals surface area contributed by atoms with Gasteiger partial charge in [-0.25, -0.2) is 4.79 Å². The lowest BCUT2D eigenvalue weighted by Crippen LogP contribution is -2.45. The van der Waals surface area contributed by atoms with Crippen molar-refractivity contribution >= 4 is 23.6 Å². The summed E-state index contributed by atoms with van der Waals surface area (Å²) in [5.74, 6) is -0.327. The van der Waals surface area contributed by atoms with Crippen molar-refractivity contribution in [3.05, 3.63) is 11.5 Å². The Kier molecular flexibility index (Phi) is 3.16. The molecule has 5 heteroatoms. The van der Waals surface area contributed by atoms with Crippen molar-refractivity contribution in [3.63, 3.8) is 0 Å². The number of carbonyl (C=O) groups excluding carboxylic acids is 2. The van der Waals surface area contributed by atoms with Crippen molar-refractivity contribution in [2.45, 2.75) is 11.8 Å². The number of methoxy groups -OCH3 is 1. The maximum atomic E-state index is 10.6. The van der Waals surface area contributed by atoms with Crippen molar-refractivity contribution in [3.8, 4) is 0 Å². The Bertz CT molecular complexity index is 219. The first-order valence-electron chi connectivity index (χ1n) is 3.41. The molecule has 12 heavy (non-hydrogen) atoms. The van der Waals surface area contributed by atoms with Gasteiger partial charge in [-0.05, 0) is 5.41 Å². The summed E-state index contributed by atoms with van der Waals surface area (Å²) < 4.78 is 4.38. The smallest absolute Gasteiger partial charge is 0.330 e. The molecule has 1 fully saturated rings. The molecule has 0 aromatic heterocycles. The van der Waals surface area contributed by atoms with Crippen LogP contribution in [0.25, 0.3) is 0 Å². The average Bonchev–Trinajstić information content (AvgIpc) is 2.01. The third-order valence-electron chi connectivity index (χ3n) is 1.34. The SMILES string of the molecule is COC(=O)C=CS[C@H]1CC(=O)N1. The van der Waals surface area contributed by atoms with Gasteiger partial charge < -0.3 is 10.1 Å². The monoisotopic (exact) mass is 187 g/mol. The van der Waals surface area contributed by atoms with Crippen LogP contribution in [-0.4, -0.2) is 24.4 Å². The Hall–Kier alpha value is -0.970. The number of hydrogen-bond acceptors (Lipinski definition) is 4.